The maximum atomic E-state index is 4.49. The fourth-order valence-corrected chi connectivity index (χ4v) is 3.54. The number of aromatic nitrogens is 2. The van der Waals surface area contributed by atoms with Crippen molar-refractivity contribution in [2.75, 3.05) is 12.3 Å². The monoisotopic (exact) mass is 273 g/mol. The van der Waals surface area contributed by atoms with E-state index >= 15 is 0 Å². The molecule has 1 rings (SSSR count). The van der Waals surface area contributed by atoms with Gasteiger partial charge in [-0.1, -0.05) is 45.9 Å². The van der Waals surface area contributed by atoms with Crippen LogP contribution in [-0.2, 0) is 6.42 Å². The lowest BCUT2D eigenvalue weighted by molar-refractivity contribution is 0.404. The molecule has 0 saturated carbocycles. The molecule has 0 fully saturated rings. The van der Waals surface area contributed by atoms with Gasteiger partial charge in [0, 0.05) is 18.2 Å². The van der Waals surface area contributed by atoms with E-state index < -0.39 is 0 Å². The summed E-state index contributed by atoms with van der Waals surface area (Å²) in [5.41, 5.74) is 0. The molecule has 0 aliphatic rings. The molecule has 3 nitrogen and oxygen atoms in total. The minimum absolute atomic E-state index is 0.573. The van der Waals surface area contributed by atoms with E-state index in [2.05, 4.69) is 42.4 Å². The Kier molecular flexibility index (Phi) is 7.08. The quantitative estimate of drug-likeness (QED) is 0.738. The number of aryl methyl sites for hydroxylation is 1. The number of thioether (sulfide) groups is 1. The molecule has 98 valence electrons. The van der Waals surface area contributed by atoms with E-state index in [4.69, 9.17) is 0 Å². The molecular weight excluding hydrogens is 250 g/mol. The van der Waals surface area contributed by atoms with Crippen molar-refractivity contribution in [3.05, 3.63) is 5.82 Å². The Morgan fingerprint density at radius 2 is 2.12 bits per heavy atom. The normalized spacial score (nSPS) is 14.8. The molecule has 1 heterocycles. The topological polar surface area (TPSA) is 37.8 Å². The van der Waals surface area contributed by atoms with Crippen LogP contribution in [0.4, 0.5) is 0 Å². The van der Waals surface area contributed by atoms with Crippen molar-refractivity contribution in [2.45, 2.75) is 50.9 Å². The largest absolute Gasteiger partial charge is 0.313 e. The second-order valence-electron chi connectivity index (χ2n) is 4.19. The van der Waals surface area contributed by atoms with Gasteiger partial charge in [-0.3, -0.25) is 0 Å². The van der Waals surface area contributed by atoms with Crippen molar-refractivity contribution in [3.8, 4) is 0 Å². The number of rotatable bonds is 8. The molecule has 1 aromatic heterocycles. The third-order valence-corrected chi connectivity index (χ3v) is 4.94. The van der Waals surface area contributed by atoms with Gasteiger partial charge in [-0.15, -0.1) is 0 Å². The van der Waals surface area contributed by atoms with Crippen molar-refractivity contribution in [3.63, 3.8) is 0 Å². The van der Waals surface area contributed by atoms with Crippen LogP contribution in [0.15, 0.2) is 4.34 Å². The van der Waals surface area contributed by atoms with Crippen molar-refractivity contribution in [1.82, 2.24) is 14.7 Å². The molecule has 2 atom stereocenters. The summed E-state index contributed by atoms with van der Waals surface area (Å²) in [7, 11) is 0. The maximum Gasteiger partial charge on any atom is 0.170 e. The first kappa shape index (κ1) is 14.9. The Morgan fingerprint density at radius 1 is 1.35 bits per heavy atom. The summed E-state index contributed by atoms with van der Waals surface area (Å²) in [5.74, 6) is 2.77. The highest BCUT2D eigenvalue weighted by Gasteiger charge is 2.15. The molecule has 0 bridgehead atoms. The summed E-state index contributed by atoms with van der Waals surface area (Å²) in [5, 5.41) is 3.56. The Hall–Kier alpha value is -0.130. The van der Waals surface area contributed by atoms with E-state index in [1.165, 1.54) is 18.0 Å². The summed E-state index contributed by atoms with van der Waals surface area (Å²) in [6.07, 6.45) is 2.15. The van der Waals surface area contributed by atoms with Gasteiger partial charge in [0.05, 0.1) is 0 Å². The van der Waals surface area contributed by atoms with Crippen LogP contribution < -0.4 is 5.32 Å². The van der Waals surface area contributed by atoms with Gasteiger partial charge in [0.2, 0.25) is 0 Å². The van der Waals surface area contributed by atoms with Gasteiger partial charge in [-0.2, -0.15) is 4.37 Å². The van der Waals surface area contributed by atoms with Gasteiger partial charge in [0.1, 0.15) is 5.82 Å². The molecule has 0 amide bonds. The Balaban J connectivity index is 2.45. The lowest BCUT2D eigenvalue weighted by Crippen LogP contribution is -2.36. The average Bonchev–Trinajstić information content (AvgIpc) is 2.81. The van der Waals surface area contributed by atoms with E-state index in [9.17, 15) is 0 Å². The molecule has 0 spiro atoms. The van der Waals surface area contributed by atoms with E-state index in [1.807, 2.05) is 11.8 Å². The first-order valence-electron chi connectivity index (χ1n) is 6.39. The fraction of sp³-hybridized carbons (Fsp3) is 0.833. The van der Waals surface area contributed by atoms with Gasteiger partial charge in [-0.05, 0) is 24.0 Å². The highest BCUT2D eigenvalue weighted by atomic mass is 32.2. The van der Waals surface area contributed by atoms with Crippen LogP contribution in [0.2, 0.25) is 0 Å². The smallest absolute Gasteiger partial charge is 0.170 e. The zero-order chi connectivity index (χ0) is 12.7. The second-order valence-corrected chi connectivity index (χ2v) is 6.21. The van der Waals surface area contributed by atoms with E-state index in [1.54, 1.807) is 0 Å². The molecular formula is C12H23N3S2. The van der Waals surface area contributed by atoms with E-state index in [0.29, 0.717) is 12.0 Å². The van der Waals surface area contributed by atoms with Crippen molar-refractivity contribution >= 4 is 23.3 Å². The standard InChI is InChI=1S/C12H23N3S2/c1-5-9(4)10(13-7-3)8-16-12-14-11(6-2)15-17-12/h9-10,13H,5-8H2,1-4H3. The minimum atomic E-state index is 0.573. The van der Waals surface area contributed by atoms with Crippen LogP contribution in [0.3, 0.4) is 0 Å². The summed E-state index contributed by atoms with van der Waals surface area (Å²) in [6.45, 7) is 9.86. The number of nitrogens with one attached hydrogen (secondary N) is 1. The fourth-order valence-electron chi connectivity index (χ4n) is 1.57. The Morgan fingerprint density at radius 3 is 2.65 bits per heavy atom. The molecule has 1 N–H and O–H groups in total. The van der Waals surface area contributed by atoms with Gasteiger partial charge in [0.15, 0.2) is 4.34 Å². The van der Waals surface area contributed by atoms with Gasteiger partial charge in [0.25, 0.3) is 0 Å². The summed E-state index contributed by atoms with van der Waals surface area (Å²) in [6, 6.07) is 0.573. The number of nitrogens with zero attached hydrogens (tertiary/aromatic N) is 2. The molecule has 17 heavy (non-hydrogen) atoms. The lowest BCUT2D eigenvalue weighted by atomic mass is 10.0. The third kappa shape index (κ3) is 4.94. The SMILES string of the molecule is CCNC(CSc1nc(CC)ns1)C(C)CC. The summed E-state index contributed by atoms with van der Waals surface area (Å²) >= 11 is 3.36. The zero-order valence-corrected chi connectivity index (χ0v) is 12.8. The summed E-state index contributed by atoms with van der Waals surface area (Å²) in [4.78, 5) is 4.49. The maximum absolute atomic E-state index is 4.49. The molecule has 1 aromatic rings. The van der Waals surface area contributed by atoms with E-state index in [0.717, 1.165) is 28.9 Å². The van der Waals surface area contributed by atoms with Crippen LogP contribution in [0.1, 0.15) is 39.9 Å². The highest BCUT2D eigenvalue weighted by molar-refractivity contribution is 8.00. The van der Waals surface area contributed by atoms with Crippen LogP contribution in [0, 0.1) is 5.92 Å². The minimum Gasteiger partial charge on any atom is -0.313 e. The Bertz CT molecular complexity index is 314. The van der Waals surface area contributed by atoms with Crippen molar-refractivity contribution in [1.29, 1.82) is 0 Å². The lowest BCUT2D eigenvalue weighted by Gasteiger charge is -2.22. The molecule has 0 aromatic carbocycles. The Labute approximate surface area is 113 Å². The first-order chi connectivity index (χ1) is 8.21. The van der Waals surface area contributed by atoms with Crippen LogP contribution in [0.5, 0.6) is 0 Å². The predicted molar refractivity (Wildman–Crippen MR) is 76.9 cm³/mol. The second kappa shape index (κ2) is 8.06. The van der Waals surface area contributed by atoms with Gasteiger partial charge in [-0.25, -0.2) is 4.98 Å². The van der Waals surface area contributed by atoms with Crippen LogP contribution in [-0.4, -0.2) is 27.7 Å². The average molecular weight is 273 g/mol. The number of hydrogen-bond donors (Lipinski definition) is 1. The highest BCUT2D eigenvalue weighted by Crippen LogP contribution is 2.23. The van der Waals surface area contributed by atoms with Crippen LogP contribution in [0.25, 0.3) is 0 Å². The molecule has 0 radical (unpaired) electrons. The van der Waals surface area contributed by atoms with Gasteiger partial charge < -0.3 is 5.32 Å². The number of hydrogen-bond acceptors (Lipinski definition) is 5. The van der Waals surface area contributed by atoms with Crippen LogP contribution >= 0.6 is 23.3 Å². The first-order valence-corrected chi connectivity index (χ1v) is 8.15. The summed E-state index contributed by atoms with van der Waals surface area (Å²) < 4.78 is 5.42. The molecule has 0 saturated heterocycles. The van der Waals surface area contributed by atoms with Gasteiger partial charge >= 0.3 is 0 Å². The van der Waals surface area contributed by atoms with Crippen molar-refractivity contribution in [2.24, 2.45) is 5.92 Å². The van der Waals surface area contributed by atoms with Crippen molar-refractivity contribution < 1.29 is 0 Å². The molecule has 0 aliphatic carbocycles. The molecule has 5 heteroatoms. The predicted octanol–water partition coefficient (Wildman–Crippen LogP) is 3.22. The third-order valence-electron chi connectivity index (χ3n) is 2.95. The molecule has 0 aliphatic heterocycles. The van der Waals surface area contributed by atoms with E-state index in [-0.39, 0.29) is 0 Å². The molecule has 2 unspecified atom stereocenters. The zero-order valence-electron chi connectivity index (χ0n) is 11.2.